The number of carbonyl (C=O) groups excluding carboxylic acids is 2. The summed E-state index contributed by atoms with van der Waals surface area (Å²) in [5.74, 6) is 1.55. The van der Waals surface area contributed by atoms with E-state index in [1.54, 1.807) is 17.6 Å². The van der Waals surface area contributed by atoms with E-state index in [0.29, 0.717) is 19.0 Å². The molecule has 2 saturated heterocycles. The van der Waals surface area contributed by atoms with Crippen molar-refractivity contribution in [2.24, 2.45) is 5.92 Å². The molecule has 2 aliphatic heterocycles. The minimum absolute atomic E-state index is 0.0179. The molecule has 0 radical (unpaired) electrons. The van der Waals surface area contributed by atoms with Crippen LogP contribution in [0.3, 0.4) is 0 Å². The van der Waals surface area contributed by atoms with E-state index in [2.05, 4.69) is 15.4 Å². The summed E-state index contributed by atoms with van der Waals surface area (Å²) >= 11 is 0. The minimum atomic E-state index is -0.0179. The van der Waals surface area contributed by atoms with E-state index in [-0.39, 0.29) is 35.9 Å². The number of morpholine rings is 1. The molecule has 35 heavy (non-hydrogen) atoms. The van der Waals surface area contributed by atoms with Crippen molar-refractivity contribution in [3.05, 3.63) is 42.4 Å². The number of nitrogens with one attached hydrogen (secondary N) is 1. The van der Waals surface area contributed by atoms with E-state index in [1.165, 1.54) is 0 Å². The van der Waals surface area contributed by atoms with Gasteiger partial charge in [0, 0.05) is 49.2 Å². The molecule has 0 aromatic carbocycles. The summed E-state index contributed by atoms with van der Waals surface area (Å²) in [6.07, 6.45) is 7.03. The number of nitrogens with zero attached hydrogens (tertiary/aromatic N) is 4. The first-order valence-electron chi connectivity index (χ1n) is 12.3. The Morgan fingerprint density at radius 2 is 1.91 bits per heavy atom. The van der Waals surface area contributed by atoms with Crippen LogP contribution in [0.1, 0.15) is 38.3 Å². The number of hydrogen-bond acceptors (Lipinski definition) is 6. The summed E-state index contributed by atoms with van der Waals surface area (Å²) in [6, 6.07) is 8.04. The number of piperidine rings is 1. The lowest BCUT2D eigenvalue weighted by Crippen LogP contribution is -2.60. The molecule has 3 aromatic heterocycles. The van der Waals surface area contributed by atoms with Crippen LogP contribution < -0.4 is 10.1 Å². The first kappa shape index (κ1) is 22.0. The molecule has 6 rings (SSSR count). The average Bonchev–Trinajstić information content (AvgIpc) is 3.59. The molecule has 9 nitrogen and oxygen atoms in total. The van der Waals surface area contributed by atoms with Crippen LogP contribution in [-0.4, -0.2) is 62.7 Å². The number of rotatable bonds is 5. The zero-order valence-electron chi connectivity index (χ0n) is 19.9. The van der Waals surface area contributed by atoms with Gasteiger partial charge in [-0.05, 0) is 43.5 Å². The standard InChI is InChI=1S/C26H29N5O4/c1-15-7-23(18-5-6-30-19(8-18)11-25(29-30)28-26(33)17-3-4-17)24(12-27-15)35-22-9-20-13-34-14-21(10-22)31(20)16(2)32/h5-8,11-12,17,20-22H,3-4,9-10,13-14H2,1-2H3,(H,28,29,33). The molecule has 1 N–H and O–H groups in total. The van der Waals surface area contributed by atoms with Crippen molar-refractivity contribution in [3.8, 4) is 16.9 Å². The van der Waals surface area contributed by atoms with Crippen molar-refractivity contribution < 1.29 is 19.1 Å². The highest BCUT2D eigenvalue weighted by Crippen LogP contribution is 2.36. The fraction of sp³-hybridized carbons (Fsp3) is 0.462. The van der Waals surface area contributed by atoms with Crippen LogP contribution in [0.25, 0.3) is 16.6 Å². The van der Waals surface area contributed by atoms with E-state index in [1.807, 2.05) is 42.3 Å². The predicted octanol–water partition coefficient (Wildman–Crippen LogP) is 3.21. The van der Waals surface area contributed by atoms with Crippen LogP contribution in [0.2, 0.25) is 0 Å². The normalized spacial score (nSPS) is 23.8. The number of aromatic nitrogens is 3. The quantitative estimate of drug-likeness (QED) is 0.609. The van der Waals surface area contributed by atoms with Gasteiger partial charge in [0.25, 0.3) is 0 Å². The fourth-order valence-corrected chi connectivity index (χ4v) is 5.32. The number of aryl methyl sites for hydroxylation is 1. The maximum Gasteiger partial charge on any atom is 0.228 e. The van der Waals surface area contributed by atoms with Crippen LogP contribution in [0, 0.1) is 12.8 Å². The fourth-order valence-electron chi connectivity index (χ4n) is 5.32. The van der Waals surface area contributed by atoms with E-state index >= 15 is 0 Å². The van der Waals surface area contributed by atoms with Gasteiger partial charge in [-0.15, -0.1) is 0 Å². The number of fused-ring (bicyclic) bond motifs is 3. The second kappa shape index (κ2) is 8.64. The third kappa shape index (κ3) is 4.36. The second-order valence-electron chi connectivity index (χ2n) is 9.88. The molecule has 3 aliphatic rings. The first-order valence-corrected chi connectivity index (χ1v) is 12.3. The Morgan fingerprint density at radius 3 is 2.63 bits per heavy atom. The number of ether oxygens (including phenoxy) is 2. The van der Waals surface area contributed by atoms with Gasteiger partial charge in [-0.25, -0.2) is 4.52 Å². The van der Waals surface area contributed by atoms with Gasteiger partial charge in [0.15, 0.2) is 5.82 Å². The maximum atomic E-state index is 12.1. The Kier molecular flexibility index (Phi) is 5.44. The summed E-state index contributed by atoms with van der Waals surface area (Å²) in [5.41, 5.74) is 3.73. The number of carbonyl (C=O) groups is 2. The van der Waals surface area contributed by atoms with Crippen molar-refractivity contribution in [1.82, 2.24) is 19.5 Å². The van der Waals surface area contributed by atoms with Crippen LogP contribution in [0.4, 0.5) is 5.82 Å². The summed E-state index contributed by atoms with van der Waals surface area (Å²) in [4.78, 5) is 30.7. The van der Waals surface area contributed by atoms with Gasteiger partial charge in [-0.2, -0.15) is 5.10 Å². The molecule has 0 spiro atoms. The Hall–Kier alpha value is -3.46. The molecule has 1 saturated carbocycles. The molecule has 9 heteroatoms. The summed E-state index contributed by atoms with van der Waals surface area (Å²) in [6.45, 7) is 4.69. The lowest BCUT2D eigenvalue weighted by molar-refractivity contribution is -0.153. The van der Waals surface area contributed by atoms with Gasteiger partial charge in [0.2, 0.25) is 11.8 Å². The van der Waals surface area contributed by atoms with Crippen molar-refractivity contribution in [1.29, 1.82) is 0 Å². The average molecular weight is 476 g/mol. The van der Waals surface area contributed by atoms with Gasteiger partial charge >= 0.3 is 0 Å². The van der Waals surface area contributed by atoms with Gasteiger partial charge < -0.3 is 19.7 Å². The maximum absolute atomic E-state index is 12.1. The van der Waals surface area contributed by atoms with Crippen LogP contribution in [0.5, 0.6) is 5.75 Å². The highest BCUT2D eigenvalue weighted by molar-refractivity contribution is 5.93. The van der Waals surface area contributed by atoms with Crippen molar-refractivity contribution in [3.63, 3.8) is 0 Å². The van der Waals surface area contributed by atoms with Crippen molar-refractivity contribution >= 4 is 23.1 Å². The van der Waals surface area contributed by atoms with Gasteiger partial charge in [-0.1, -0.05) is 0 Å². The van der Waals surface area contributed by atoms with Crippen LogP contribution >= 0.6 is 0 Å². The Bertz CT molecular complexity index is 1290. The predicted molar refractivity (Wildman–Crippen MR) is 129 cm³/mol. The lowest BCUT2D eigenvalue weighted by Gasteiger charge is -2.47. The lowest BCUT2D eigenvalue weighted by atomic mass is 9.91. The molecule has 3 aromatic rings. The minimum Gasteiger partial charge on any atom is -0.488 e. The SMILES string of the molecule is CC(=O)N1C2COCC1CC(Oc1cnc(C)cc1-c1ccn3nc(NC(=O)C4CC4)cc3c1)C2. The molecule has 2 unspecified atom stereocenters. The number of pyridine rings is 2. The molecule has 182 valence electrons. The number of amides is 2. The van der Waals surface area contributed by atoms with E-state index in [0.717, 1.165) is 53.8 Å². The molecule has 5 heterocycles. The summed E-state index contributed by atoms with van der Waals surface area (Å²) in [7, 11) is 0. The third-order valence-corrected chi connectivity index (χ3v) is 7.11. The van der Waals surface area contributed by atoms with Crippen LogP contribution in [0.15, 0.2) is 36.7 Å². The van der Waals surface area contributed by atoms with Gasteiger partial charge in [0.1, 0.15) is 11.9 Å². The van der Waals surface area contributed by atoms with E-state index < -0.39 is 0 Å². The Morgan fingerprint density at radius 1 is 1.14 bits per heavy atom. The summed E-state index contributed by atoms with van der Waals surface area (Å²) in [5, 5.41) is 7.40. The molecular formula is C26H29N5O4. The molecular weight excluding hydrogens is 446 g/mol. The first-order chi connectivity index (χ1) is 16.9. The molecule has 2 amide bonds. The molecule has 2 atom stereocenters. The van der Waals surface area contributed by atoms with Crippen LogP contribution in [-0.2, 0) is 14.3 Å². The number of hydrogen-bond donors (Lipinski definition) is 1. The largest absolute Gasteiger partial charge is 0.488 e. The summed E-state index contributed by atoms with van der Waals surface area (Å²) < 4.78 is 14.0. The zero-order valence-corrected chi connectivity index (χ0v) is 19.9. The Labute approximate surface area is 203 Å². The molecule has 1 aliphatic carbocycles. The van der Waals surface area contributed by atoms with E-state index in [9.17, 15) is 9.59 Å². The van der Waals surface area contributed by atoms with Crippen molar-refractivity contribution in [2.45, 2.75) is 57.7 Å². The number of anilines is 1. The highest BCUT2D eigenvalue weighted by atomic mass is 16.5. The zero-order chi connectivity index (χ0) is 24.1. The van der Waals surface area contributed by atoms with Gasteiger partial charge in [0.05, 0.1) is 37.0 Å². The smallest absolute Gasteiger partial charge is 0.228 e. The highest BCUT2D eigenvalue weighted by Gasteiger charge is 2.41. The van der Waals surface area contributed by atoms with E-state index in [4.69, 9.17) is 9.47 Å². The monoisotopic (exact) mass is 475 g/mol. The third-order valence-electron chi connectivity index (χ3n) is 7.11. The second-order valence-corrected chi connectivity index (χ2v) is 9.88. The topological polar surface area (TPSA) is 98.1 Å². The van der Waals surface area contributed by atoms with Crippen molar-refractivity contribution in [2.75, 3.05) is 18.5 Å². The van der Waals surface area contributed by atoms with Gasteiger partial charge in [-0.3, -0.25) is 14.6 Å². The molecule has 2 bridgehead atoms. The molecule has 3 fully saturated rings. The Balaban J connectivity index is 1.26.